The fourth-order valence-corrected chi connectivity index (χ4v) is 2.72. The van der Waals surface area contributed by atoms with Crippen molar-refractivity contribution in [2.24, 2.45) is 0 Å². The highest BCUT2D eigenvalue weighted by atomic mass is 35.5. The standard InChI is InChI=1S/C14H16Cl2N4/c1-2-20-13(17-9-19-20)8-18-14(5-6-14)10-3-4-11(15)12(16)7-10/h3-4,7,9,18H,2,5-6,8H2,1H3. The van der Waals surface area contributed by atoms with Crippen LogP contribution in [0.1, 0.15) is 31.2 Å². The summed E-state index contributed by atoms with van der Waals surface area (Å²) < 4.78 is 1.90. The molecule has 1 aliphatic carbocycles. The maximum Gasteiger partial charge on any atom is 0.140 e. The van der Waals surface area contributed by atoms with Crippen LogP contribution >= 0.6 is 23.2 Å². The van der Waals surface area contributed by atoms with Gasteiger partial charge in [0.05, 0.1) is 16.6 Å². The first kappa shape index (κ1) is 13.9. The van der Waals surface area contributed by atoms with Crippen molar-refractivity contribution < 1.29 is 0 Å². The lowest BCUT2D eigenvalue weighted by Crippen LogP contribution is -2.29. The van der Waals surface area contributed by atoms with Gasteiger partial charge in [0.1, 0.15) is 12.2 Å². The maximum atomic E-state index is 6.11. The first-order chi connectivity index (χ1) is 9.64. The van der Waals surface area contributed by atoms with E-state index in [9.17, 15) is 0 Å². The number of nitrogens with one attached hydrogen (secondary N) is 1. The van der Waals surface area contributed by atoms with Gasteiger partial charge in [-0.05, 0) is 37.5 Å². The van der Waals surface area contributed by atoms with E-state index in [1.165, 1.54) is 5.56 Å². The SMILES string of the molecule is CCn1ncnc1CNC1(c2ccc(Cl)c(Cl)c2)CC1. The van der Waals surface area contributed by atoms with E-state index in [1.54, 1.807) is 6.33 Å². The van der Waals surface area contributed by atoms with Crippen LogP contribution in [0.15, 0.2) is 24.5 Å². The molecule has 0 aliphatic heterocycles. The lowest BCUT2D eigenvalue weighted by atomic mass is 10.1. The fraction of sp³-hybridized carbons (Fsp3) is 0.429. The second kappa shape index (κ2) is 5.35. The van der Waals surface area contributed by atoms with Crippen LogP contribution in [0.25, 0.3) is 0 Å². The Labute approximate surface area is 128 Å². The van der Waals surface area contributed by atoms with Gasteiger partial charge in [-0.2, -0.15) is 5.10 Å². The van der Waals surface area contributed by atoms with E-state index in [2.05, 4.69) is 22.3 Å². The summed E-state index contributed by atoms with van der Waals surface area (Å²) in [5, 5.41) is 8.97. The highest BCUT2D eigenvalue weighted by molar-refractivity contribution is 6.42. The summed E-state index contributed by atoms with van der Waals surface area (Å²) in [5.74, 6) is 0.957. The van der Waals surface area contributed by atoms with Gasteiger partial charge < -0.3 is 5.32 Å². The number of rotatable bonds is 5. The first-order valence-corrected chi connectivity index (χ1v) is 7.47. The molecular weight excluding hydrogens is 295 g/mol. The third-order valence-electron chi connectivity index (χ3n) is 3.80. The molecule has 106 valence electrons. The molecule has 0 atom stereocenters. The van der Waals surface area contributed by atoms with Crippen molar-refractivity contribution in [3.05, 3.63) is 46.0 Å². The summed E-state index contributed by atoms with van der Waals surface area (Å²) in [6, 6.07) is 5.85. The number of halogens is 2. The number of hydrogen-bond donors (Lipinski definition) is 1. The minimum Gasteiger partial charge on any atom is -0.300 e. The van der Waals surface area contributed by atoms with E-state index < -0.39 is 0 Å². The summed E-state index contributed by atoms with van der Waals surface area (Å²) >= 11 is 12.1. The van der Waals surface area contributed by atoms with Crippen molar-refractivity contribution in [2.75, 3.05) is 0 Å². The Bertz CT molecular complexity index is 619. The highest BCUT2D eigenvalue weighted by Crippen LogP contribution is 2.46. The minimum atomic E-state index is 0.0126. The van der Waals surface area contributed by atoms with Crippen LogP contribution in [-0.2, 0) is 18.6 Å². The van der Waals surface area contributed by atoms with Crippen LogP contribution in [0.5, 0.6) is 0 Å². The molecule has 1 fully saturated rings. The Morgan fingerprint density at radius 2 is 2.10 bits per heavy atom. The van der Waals surface area contributed by atoms with Crippen LogP contribution in [0, 0.1) is 0 Å². The van der Waals surface area contributed by atoms with E-state index in [1.807, 2.05) is 22.9 Å². The summed E-state index contributed by atoms with van der Waals surface area (Å²) in [7, 11) is 0. The largest absolute Gasteiger partial charge is 0.300 e. The number of aryl methyl sites for hydroxylation is 1. The molecule has 1 aromatic heterocycles. The Morgan fingerprint density at radius 3 is 2.75 bits per heavy atom. The zero-order valence-corrected chi connectivity index (χ0v) is 12.7. The molecule has 1 heterocycles. The molecular formula is C14H16Cl2N4. The van der Waals surface area contributed by atoms with Gasteiger partial charge in [-0.15, -0.1) is 0 Å². The monoisotopic (exact) mass is 310 g/mol. The van der Waals surface area contributed by atoms with Crippen molar-refractivity contribution in [1.29, 1.82) is 0 Å². The van der Waals surface area contributed by atoms with Crippen molar-refractivity contribution in [2.45, 2.75) is 38.4 Å². The normalized spacial score (nSPS) is 16.4. The Kier molecular flexibility index (Phi) is 3.71. The molecule has 20 heavy (non-hydrogen) atoms. The van der Waals surface area contributed by atoms with E-state index in [0.717, 1.165) is 25.2 Å². The predicted molar refractivity (Wildman–Crippen MR) is 79.9 cm³/mol. The van der Waals surface area contributed by atoms with Crippen LogP contribution < -0.4 is 5.32 Å². The van der Waals surface area contributed by atoms with Crippen molar-refractivity contribution in [3.8, 4) is 0 Å². The molecule has 1 N–H and O–H groups in total. The predicted octanol–water partition coefficient (Wildman–Crippen LogP) is 3.38. The summed E-state index contributed by atoms with van der Waals surface area (Å²) in [6.07, 6.45) is 3.80. The minimum absolute atomic E-state index is 0.0126. The van der Waals surface area contributed by atoms with Gasteiger partial charge in [-0.3, -0.25) is 0 Å². The topological polar surface area (TPSA) is 42.7 Å². The van der Waals surface area contributed by atoms with Crippen LogP contribution in [-0.4, -0.2) is 14.8 Å². The fourth-order valence-electron chi connectivity index (χ4n) is 2.42. The van der Waals surface area contributed by atoms with E-state index >= 15 is 0 Å². The molecule has 2 aromatic rings. The molecule has 6 heteroatoms. The smallest absolute Gasteiger partial charge is 0.140 e. The lowest BCUT2D eigenvalue weighted by molar-refractivity contribution is 0.485. The van der Waals surface area contributed by atoms with Gasteiger partial charge in [-0.25, -0.2) is 9.67 Å². The van der Waals surface area contributed by atoms with Crippen LogP contribution in [0.2, 0.25) is 10.0 Å². The molecule has 0 amide bonds. The summed E-state index contributed by atoms with van der Waals surface area (Å²) in [6.45, 7) is 3.59. The van der Waals surface area contributed by atoms with Crippen molar-refractivity contribution in [3.63, 3.8) is 0 Å². The second-order valence-electron chi connectivity index (χ2n) is 5.06. The highest BCUT2D eigenvalue weighted by Gasteiger charge is 2.44. The molecule has 0 unspecified atom stereocenters. The zero-order valence-electron chi connectivity index (χ0n) is 11.2. The molecule has 0 radical (unpaired) electrons. The number of nitrogens with zero attached hydrogens (tertiary/aromatic N) is 3. The zero-order chi connectivity index (χ0) is 14.2. The van der Waals surface area contributed by atoms with Crippen LogP contribution in [0.4, 0.5) is 0 Å². The van der Waals surface area contributed by atoms with Crippen molar-refractivity contribution >= 4 is 23.2 Å². The number of aromatic nitrogens is 3. The van der Waals surface area contributed by atoms with Gasteiger partial charge >= 0.3 is 0 Å². The van der Waals surface area contributed by atoms with Crippen molar-refractivity contribution in [1.82, 2.24) is 20.1 Å². The summed E-state index contributed by atoms with van der Waals surface area (Å²) in [4.78, 5) is 4.29. The van der Waals surface area contributed by atoms with E-state index in [-0.39, 0.29) is 5.54 Å². The molecule has 1 aromatic carbocycles. The second-order valence-corrected chi connectivity index (χ2v) is 5.87. The molecule has 1 aliphatic rings. The Balaban J connectivity index is 1.75. The van der Waals surface area contributed by atoms with E-state index in [4.69, 9.17) is 23.2 Å². The quantitative estimate of drug-likeness (QED) is 0.920. The van der Waals surface area contributed by atoms with Gasteiger partial charge in [0.2, 0.25) is 0 Å². The van der Waals surface area contributed by atoms with Crippen LogP contribution in [0.3, 0.4) is 0 Å². The molecule has 1 saturated carbocycles. The lowest BCUT2D eigenvalue weighted by Gasteiger charge is -2.18. The summed E-state index contributed by atoms with van der Waals surface area (Å²) in [5.41, 5.74) is 1.20. The molecule has 0 spiro atoms. The van der Waals surface area contributed by atoms with E-state index in [0.29, 0.717) is 16.6 Å². The van der Waals surface area contributed by atoms with Gasteiger partial charge in [-0.1, -0.05) is 29.3 Å². The first-order valence-electron chi connectivity index (χ1n) is 6.72. The van der Waals surface area contributed by atoms with Gasteiger partial charge in [0.15, 0.2) is 0 Å². The molecule has 0 bridgehead atoms. The molecule has 0 saturated heterocycles. The van der Waals surface area contributed by atoms with Gasteiger partial charge in [0, 0.05) is 12.1 Å². The molecule has 3 rings (SSSR count). The maximum absolute atomic E-state index is 6.11. The average molecular weight is 311 g/mol. The average Bonchev–Trinajstić information content (AvgIpc) is 3.10. The number of benzene rings is 1. The molecule has 4 nitrogen and oxygen atoms in total. The Hall–Kier alpha value is -1.10. The third kappa shape index (κ3) is 2.55. The third-order valence-corrected chi connectivity index (χ3v) is 4.54. The number of hydrogen-bond acceptors (Lipinski definition) is 3. The Morgan fingerprint density at radius 1 is 1.30 bits per heavy atom. The van der Waals surface area contributed by atoms with Gasteiger partial charge in [0.25, 0.3) is 0 Å².